The lowest BCUT2D eigenvalue weighted by molar-refractivity contribution is -0.123. The van der Waals surface area contributed by atoms with Crippen LogP contribution in [0.15, 0.2) is 12.1 Å². The van der Waals surface area contributed by atoms with E-state index < -0.39 is 0 Å². The lowest BCUT2D eigenvalue weighted by atomic mass is 9.88. The minimum Gasteiger partial charge on any atom is -0.495 e. The van der Waals surface area contributed by atoms with Crippen molar-refractivity contribution in [1.29, 1.82) is 0 Å². The smallest absolute Gasteiger partial charge is 0.231 e. The number of carbonyl (C=O) groups excluding carboxylic acids is 1. The molecule has 8 heteroatoms. The van der Waals surface area contributed by atoms with Crippen molar-refractivity contribution in [2.24, 2.45) is 5.92 Å². The number of benzene rings is 1. The van der Waals surface area contributed by atoms with Crippen LogP contribution in [-0.2, 0) is 4.79 Å². The fourth-order valence-corrected chi connectivity index (χ4v) is 5.15. The van der Waals surface area contributed by atoms with E-state index in [0.29, 0.717) is 12.3 Å². The average molecular weight is 456 g/mol. The molecule has 0 N–H and O–H groups in total. The molecule has 0 bridgehead atoms. The molecule has 0 saturated heterocycles. The molecule has 1 aliphatic rings. The average Bonchev–Trinajstić information content (AvgIpc) is 3.21. The topological polar surface area (TPSA) is 54.9 Å². The number of amides is 1. The van der Waals surface area contributed by atoms with E-state index in [1.807, 2.05) is 17.0 Å². The minimum absolute atomic E-state index is 0. The summed E-state index contributed by atoms with van der Waals surface area (Å²) in [6.45, 7) is 7.76. The third-order valence-corrected chi connectivity index (χ3v) is 6.98. The minimum atomic E-state index is 0. The Bertz CT molecular complexity index is 778. The third kappa shape index (κ3) is 5.37. The van der Waals surface area contributed by atoms with Crippen LogP contribution >= 0.6 is 23.7 Å². The number of ether oxygens (including phenoxy) is 2. The van der Waals surface area contributed by atoms with Crippen molar-refractivity contribution in [1.82, 2.24) is 9.88 Å². The molecule has 1 aliphatic carbocycles. The highest BCUT2D eigenvalue weighted by molar-refractivity contribution is 7.22. The van der Waals surface area contributed by atoms with Crippen molar-refractivity contribution in [3.63, 3.8) is 0 Å². The molecule has 168 valence electrons. The summed E-state index contributed by atoms with van der Waals surface area (Å²) in [5, 5.41) is 0.741. The van der Waals surface area contributed by atoms with E-state index >= 15 is 0 Å². The zero-order valence-corrected chi connectivity index (χ0v) is 20.1. The number of hydrogen-bond donors (Lipinski definition) is 0. The number of hydrogen-bond acceptors (Lipinski definition) is 6. The van der Waals surface area contributed by atoms with Crippen LogP contribution in [0.5, 0.6) is 11.5 Å². The van der Waals surface area contributed by atoms with E-state index in [0.717, 1.165) is 66.4 Å². The van der Waals surface area contributed by atoms with Gasteiger partial charge in [0.05, 0.1) is 14.2 Å². The van der Waals surface area contributed by atoms with Crippen LogP contribution in [0.25, 0.3) is 10.2 Å². The molecule has 0 radical (unpaired) electrons. The van der Waals surface area contributed by atoms with Crippen molar-refractivity contribution in [3.05, 3.63) is 12.1 Å². The molecule has 1 aromatic heterocycles. The van der Waals surface area contributed by atoms with Crippen LogP contribution in [0, 0.1) is 5.92 Å². The van der Waals surface area contributed by atoms with Gasteiger partial charge in [-0.1, -0.05) is 44.4 Å². The lowest BCUT2D eigenvalue weighted by Gasteiger charge is -2.29. The monoisotopic (exact) mass is 455 g/mol. The highest BCUT2D eigenvalue weighted by Crippen LogP contribution is 2.40. The van der Waals surface area contributed by atoms with Gasteiger partial charge in [-0.3, -0.25) is 9.69 Å². The van der Waals surface area contributed by atoms with Crippen LogP contribution in [-0.4, -0.2) is 56.2 Å². The van der Waals surface area contributed by atoms with Gasteiger partial charge in [-0.05, 0) is 38.1 Å². The Labute approximate surface area is 190 Å². The van der Waals surface area contributed by atoms with Gasteiger partial charge in [-0.15, -0.1) is 12.4 Å². The highest BCUT2D eigenvalue weighted by atomic mass is 35.5. The van der Waals surface area contributed by atoms with E-state index in [-0.39, 0.29) is 24.2 Å². The molecule has 1 fully saturated rings. The molecule has 1 aromatic carbocycles. The molecule has 0 spiro atoms. The number of methoxy groups -OCH3 is 2. The van der Waals surface area contributed by atoms with Crippen molar-refractivity contribution >= 4 is 45.0 Å². The molecular formula is C22H34ClN3O3S. The fourth-order valence-electron chi connectivity index (χ4n) is 4.04. The number of carbonyl (C=O) groups is 1. The fraction of sp³-hybridized carbons (Fsp3) is 0.636. The summed E-state index contributed by atoms with van der Waals surface area (Å²) in [6.07, 6.45) is 5.48. The van der Waals surface area contributed by atoms with E-state index in [1.54, 1.807) is 14.2 Å². The zero-order valence-electron chi connectivity index (χ0n) is 18.5. The van der Waals surface area contributed by atoms with Gasteiger partial charge in [0.2, 0.25) is 5.91 Å². The number of thiazole rings is 1. The molecule has 0 unspecified atom stereocenters. The maximum absolute atomic E-state index is 13.5. The predicted octanol–water partition coefficient (Wildman–Crippen LogP) is 4.99. The van der Waals surface area contributed by atoms with Crippen LogP contribution in [0.1, 0.15) is 46.0 Å². The van der Waals surface area contributed by atoms with Crippen molar-refractivity contribution in [2.45, 2.75) is 46.0 Å². The molecule has 3 rings (SSSR count). The molecule has 0 aliphatic heterocycles. The summed E-state index contributed by atoms with van der Waals surface area (Å²) < 4.78 is 12.0. The van der Waals surface area contributed by atoms with Gasteiger partial charge in [0.25, 0.3) is 0 Å². The Kier molecular flexibility index (Phi) is 9.65. The first-order valence-corrected chi connectivity index (χ1v) is 11.5. The largest absolute Gasteiger partial charge is 0.495 e. The van der Waals surface area contributed by atoms with Crippen LogP contribution in [0.4, 0.5) is 5.13 Å². The quantitative estimate of drug-likeness (QED) is 0.533. The van der Waals surface area contributed by atoms with Crippen molar-refractivity contribution < 1.29 is 14.3 Å². The van der Waals surface area contributed by atoms with Crippen LogP contribution in [0.3, 0.4) is 0 Å². The molecule has 6 nitrogen and oxygen atoms in total. The highest BCUT2D eigenvalue weighted by Gasteiger charge is 2.29. The molecule has 1 heterocycles. The summed E-state index contributed by atoms with van der Waals surface area (Å²) in [4.78, 5) is 22.6. The van der Waals surface area contributed by atoms with Crippen LogP contribution < -0.4 is 14.4 Å². The first kappa shape index (κ1) is 24.7. The second-order valence-corrected chi connectivity index (χ2v) is 8.47. The van der Waals surface area contributed by atoms with E-state index in [2.05, 4.69) is 18.7 Å². The number of fused-ring (bicyclic) bond motifs is 1. The van der Waals surface area contributed by atoms with Crippen LogP contribution in [0.2, 0.25) is 0 Å². The van der Waals surface area contributed by atoms with Gasteiger partial charge < -0.3 is 14.4 Å². The summed E-state index contributed by atoms with van der Waals surface area (Å²) in [7, 11) is 3.30. The number of aromatic nitrogens is 1. The third-order valence-electron chi connectivity index (χ3n) is 5.88. The van der Waals surface area contributed by atoms with E-state index in [9.17, 15) is 4.79 Å². The van der Waals surface area contributed by atoms with Gasteiger partial charge >= 0.3 is 0 Å². The van der Waals surface area contributed by atoms with Crippen molar-refractivity contribution in [2.75, 3.05) is 45.3 Å². The molecule has 1 amide bonds. The second-order valence-electron chi connectivity index (χ2n) is 7.50. The van der Waals surface area contributed by atoms with E-state index in [4.69, 9.17) is 14.5 Å². The first-order chi connectivity index (χ1) is 14.1. The predicted molar refractivity (Wildman–Crippen MR) is 127 cm³/mol. The Balaban J connectivity index is 0.00000320. The maximum atomic E-state index is 13.5. The van der Waals surface area contributed by atoms with Gasteiger partial charge in [0.15, 0.2) is 5.13 Å². The summed E-state index contributed by atoms with van der Waals surface area (Å²) in [5.41, 5.74) is 0.760. The number of anilines is 1. The molecule has 30 heavy (non-hydrogen) atoms. The summed E-state index contributed by atoms with van der Waals surface area (Å²) >= 11 is 1.52. The first-order valence-electron chi connectivity index (χ1n) is 10.7. The Morgan fingerprint density at radius 2 is 1.70 bits per heavy atom. The standard InChI is InChI=1S/C22H33N3O3S.ClH/c1-5-24(6-2)14-15-25(21(26)16-10-8-7-9-11-16)22-23-19-17(27-3)12-13-18(28-4)20(19)29-22;/h12-13,16H,5-11,14-15H2,1-4H3;1H. The Morgan fingerprint density at radius 1 is 1.07 bits per heavy atom. The number of likely N-dealkylation sites (N-methyl/N-ethyl adjacent to an activating group) is 1. The molecular weight excluding hydrogens is 422 g/mol. The Hall–Kier alpha value is -1.57. The zero-order chi connectivity index (χ0) is 20.8. The van der Waals surface area contributed by atoms with Gasteiger partial charge in [0, 0.05) is 19.0 Å². The summed E-state index contributed by atoms with van der Waals surface area (Å²) in [5.74, 6) is 1.79. The van der Waals surface area contributed by atoms with E-state index in [1.165, 1.54) is 17.8 Å². The van der Waals surface area contributed by atoms with Gasteiger partial charge in [-0.2, -0.15) is 0 Å². The second kappa shape index (κ2) is 11.7. The number of rotatable bonds is 9. The molecule has 2 aromatic rings. The number of halogens is 1. The van der Waals surface area contributed by atoms with Gasteiger partial charge in [0.1, 0.15) is 21.7 Å². The maximum Gasteiger partial charge on any atom is 0.231 e. The normalized spacial score (nSPS) is 14.6. The van der Waals surface area contributed by atoms with Gasteiger partial charge in [-0.25, -0.2) is 4.98 Å². The molecule has 0 atom stereocenters. The lowest BCUT2D eigenvalue weighted by Crippen LogP contribution is -2.42. The molecule has 1 saturated carbocycles. The van der Waals surface area contributed by atoms with Crippen molar-refractivity contribution in [3.8, 4) is 11.5 Å². The number of nitrogens with zero attached hydrogens (tertiary/aromatic N) is 3. The summed E-state index contributed by atoms with van der Waals surface area (Å²) in [6, 6.07) is 3.76. The SMILES string of the molecule is CCN(CC)CCN(C(=O)C1CCCCC1)c1nc2c(OC)ccc(OC)c2s1.Cl. The Morgan fingerprint density at radius 3 is 2.30 bits per heavy atom.